The van der Waals surface area contributed by atoms with Crippen LogP contribution in [0.2, 0.25) is 0 Å². The first-order chi connectivity index (χ1) is 11.6. The van der Waals surface area contributed by atoms with Crippen LogP contribution >= 0.6 is 0 Å². The first-order valence-electron chi connectivity index (χ1n) is 8.28. The van der Waals surface area contributed by atoms with E-state index in [1.807, 2.05) is 54.6 Å². The van der Waals surface area contributed by atoms with Gasteiger partial charge in [0.2, 0.25) is 11.8 Å². The maximum atomic E-state index is 12.1. The van der Waals surface area contributed by atoms with Crippen molar-refractivity contribution in [1.29, 1.82) is 0 Å². The number of carbonyl (C=O) groups excluding carboxylic acids is 2. The lowest BCUT2D eigenvalue weighted by Crippen LogP contribution is -2.34. The Kier molecular flexibility index (Phi) is 6.55. The molecule has 0 heterocycles. The fourth-order valence-corrected chi connectivity index (χ4v) is 2.62. The first kappa shape index (κ1) is 17.7. The summed E-state index contributed by atoms with van der Waals surface area (Å²) in [5.74, 6) is -0.106. The van der Waals surface area contributed by atoms with E-state index in [0.717, 1.165) is 23.2 Å². The minimum atomic E-state index is -0.0564. The van der Waals surface area contributed by atoms with Crippen molar-refractivity contribution in [3.05, 3.63) is 65.7 Å². The Hall–Kier alpha value is -2.62. The number of nitrogens with zero attached hydrogens (tertiary/aromatic N) is 1. The van der Waals surface area contributed by atoms with Gasteiger partial charge in [0.05, 0.1) is 0 Å². The molecule has 0 aliphatic carbocycles. The van der Waals surface area contributed by atoms with E-state index in [-0.39, 0.29) is 18.2 Å². The summed E-state index contributed by atoms with van der Waals surface area (Å²) in [6.45, 7) is 4.48. The number of rotatable bonds is 7. The predicted molar refractivity (Wildman–Crippen MR) is 96.8 cm³/mol. The van der Waals surface area contributed by atoms with Gasteiger partial charge < -0.3 is 10.2 Å². The van der Waals surface area contributed by atoms with E-state index in [1.54, 1.807) is 4.90 Å². The minimum Gasteiger partial charge on any atom is -0.352 e. The molecule has 0 saturated carbocycles. The highest BCUT2D eigenvalue weighted by Crippen LogP contribution is 2.21. The standard InChI is InChI=1S/C20H24N2O2/c1-3-18-11-7-8-12-19(18)22(16(2)23)14-13-20(24)21-15-17-9-5-4-6-10-17/h4-12H,3,13-15H2,1-2H3,(H,21,24). The number of amides is 2. The SMILES string of the molecule is CCc1ccccc1N(CCC(=O)NCc1ccccc1)C(C)=O. The maximum absolute atomic E-state index is 12.1. The molecule has 0 aliphatic heterocycles. The highest BCUT2D eigenvalue weighted by atomic mass is 16.2. The van der Waals surface area contributed by atoms with E-state index in [9.17, 15) is 9.59 Å². The van der Waals surface area contributed by atoms with Crippen LogP contribution in [0.3, 0.4) is 0 Å². The minimum absolute atomic E-state index is 0.0493. The van der Waals surface area contributed by atoms with Gasteiger partial charge in [-0.3, -0.25) is 9.59 Å². The van der Waals surface area contributed by atoms with Crippen LogP contribution in [-0.4, -0.2) is 18.4 Å². The van der Waals surface area contributed by atoms with E-state index in [0.29, 0.717) is 13.1 Å². The van der Waals surface area contributed by atoms with Gasteiger partial charge in [0.1, 0.15) is 0 Å². The van der Waals surface area contributed by atoms with E-state index < -0.39 is 0 Å². The molecule has 0 bridgehead atoms. The van der Waals surface area contributed by atoms with Crippen molar-refractivity contribution < 1.29 is 9.59 Å². The summed E-state index contributed by atoms with van der Waals surface area (Å²) < 4.78 is 0. The number of carbonyl (C=O) groups is 2. The Balaban J connectivity index is 1.94. The van der Waals surface area contributed by atoms with Gasteiger partial charge >= 0.3 is 0 Å². The van der Waals surface area contributed by atoms with Crippen molar-refractivity contribution in [1.82, 2.24) is 5.32 Å². The number of aryl methyl sites for hydroxylation is 1. The second kappa shape index (κ2) is 8.87. The summed E-state index contributed by atoms with van der Waals surface area (Å²) in [4.78, 5) is 25.8. The summed E-state index contributed by atoms with van der Waals surface area (Å²) in [5, 5.41) is 2.90. The third-order valence-corrected chi connectivity index (χ3v) is 3.94. The summed E-state index contributed by atoms with van der Waals surface area (Å²) in [7, 11) is 0. The van der Waals surface area contributed by atoms with E-state index in [4.69, 9.17) is 0 Å². The lowest BCUT2D eigenvalue weighted by atomic mass is 10.1. The van der Waals surface area contributed by atoms with Gasteiger partial charge in [-0.1, -0.05) is 55.5 Å². The zero-order valence-electron chi connectivity index (χ0n) is 14.3. The second-order valence-corrected chi connectivity index (χ2v) is 5.67. The summed E-state index contributed by atoms with van der Waals surface area (Å²) >= 11 is 0. The topological polar surface area (TPSA) is 49.4 Å². The molecule has 2 aromatic rings. The van der Waals surface area contributed by atoms with Crippen molar-refractivity contribution in [3.8, 4) is 0 Å². The molecule has 2 aromatic carbocycles. The quantitative estimate of drug-likeness (QED) is 0.849. The molecule has 0 atom stereocenters. The molecule has 1 N–H and O–H groups in total. The Morgan fingerprint density at radius 3 is 2.33 bits per heavy atom. The van der Waals surface area contributed by atoms with Crippen molar-refractivity contribution in [2.75, 3.05) is 11.4 Å². The Morgan fingerprint density at radius 2 is 1.67 bits per heavy atom. The number of hydrogen-bond donors (Lipinski definition) is 1. The molecular formula is C20H24N2O2. The zero-order chi connectivity index (χ0) is 17.4. The van der Waals surface area contributed by atoms with E-state index in [2.05, 4.69) is 12.2 Å². The molecule has 0 spiro atoms. The van der Waals surface area contributed by atoms with Crippen LogP contribution in [0.25, 0.3) is 0 Å². The van der Waals surface area contributed by atoms with Crippen LogP contribution in [0.4, 0.5) is 5.69 Å². The van der Waals surface area contributed by atoms with Gasteiger partial charge in [-0.2, -0.15) is 0 Å². The molecule has 0 radical (unpaired) electrons. The molecule has 126 valence electrons. The molecular weight excluding hydrogens is 300 g/mol. The van der Waals surface area contributed by atoms with Gasteiger partial charge in [-0.25, -0.2) is 0 Å². The maximum Gasteiger partial charge on any atom is 0.223 e. The monoisotopic (exact) mass is 324 g/mol. The molecule has 2 rings (SSSR count). The molecule has 0 aliphatic rings. The van der Waals surface area contributed by atoms with Gasteiger partial charge in [0, 0.05) is 32.1 Å². The lowest BCUT2D eigenvalue weighted by Gasteiger charge is -2.23. The molecule has 4 nitrogen and oxygen atoms in total. The molecule has 0 unspecified atom stereocenters. The van der Waals surface area contributed by atoms with Gasteiger partial charge in [-0.15, -0.1) is 0 Å². The number of hydrogen-bond acceptors (Lipinski definition) is 2. The van der Waals surface area contributed by atoms with Crippen LogP contribution in [0, 0.1) is 0 Å². The molecule has 4 heteroatoms. The smallest absolute Gasteiger partial charge is 0.223 e. The fraction of sp³-hybridized carbons (Fsp3) is 0.300. The summed E-state index contributed by atoms with van der Waals surface area (Å²) in [5.41, 5.74) is 3.06. The van der Waals surface area contributed by atoms with Crippen molar-refractivity contribution in [2.24, 2.45) is 0 Å². The Bertz CT molecular complexity index is 683. The Labute approximate surface area is 143 Å². The van der Waals surface area contributed by atoms with Crippen molar-refractivity contribution in [3.63, 3.8) is 0 Å². The summed E-state index contributed by atoms with van der Waals surface area (Å²) in [6.07, 6.45) is 1.13. The molecule has 0 aromatic heterocycles. The predicted octanol–water partition coefficient (Wildman–Crippen LogP) is 3.31. The number of anilines is 1. The first-order valence-corrected chi connectivity index (χ1v) is 8.28. The normalized spacial score (nSPS) is 10.2. The number of para-hydroxylation sites is 1. The lowest BCUT2D eigenvalue weighted by molar-refractivity contribution is -0.121. The highest BCUT2D eigenvalue weighted by molar-refractivity contribution is 5.93. The van der Waals surface area contributed by atoms with Crippen LogP contribution in [-0.2, 0) is 22.6 Å². The zero-order valence-corrected chi connectivity index (χ0v) is 14.3. The fourth-order valence-electron chi connectivity index (χ4n) is 2.62. The van der Waals surface area contributed by atoms with E-state index in [1.165, 1.54) is 6.92 Å². The molecule has 24 heavy (non-hydrogen) atoms. The number of nitrogens with one attached hydrogen (secondary N) is 1. The van der Waals surface area contributed by atoms with Crippen molar-refractivity contribution in [2.45, 2.75) is 33.2 Å². The average Bonchev–Trinajstić information content (AvgIpc) is 2.61. The third kappa shape index (κ3) is 4.95. The Morgan fingerprint density at radius 1 is 1.00 bits per heavy atom. The van der Waals surface area contributed by atoms with Gasteiger partial charge in [0.15, 0.2) is 0 Å². The van der Waals surface area contributed by atoms with Crippen molar-refractivity contribution >= 4 is 17.5 Å². The molecule has 0 fully saturated rings. The van der Waals surface area contributed by atoms with Gasteiger partial charge in [-0.05, 0) is 23.6 Å². The largest absolute Gasteiger partial charge is 0.352 e. The van der Waals surface area contributed by atoms with Crippen LogP contribution < -0.4 is 10.2 Å². The average molecular weight is 324 g/mol. The van der Waals surface area contributed by atoms with E-state index >= 15 is 0 Å². The molecule has 2 amide bonds. The van der Waals surface area contributed by atoms with Crippen LogP contribution in [0.1, 0.15) is 31.4 Å². The highest BCUT2D eigenvalue weighted by Gasteiger charge is 2.15. The second-order valence-electron chi connectivity index (χ2n) is 5.67. The number of benzene rings is 2. The van der Waals surface area contributed by atoms with Gasteiger partial charge in [0.25, 0.3) is 0 Å². The van der Waals surface area contributed by atoms with Crippen LogP contribution in [0.5, 0.6) is 0 Å². The summed E-state index contributed by atoms with van der Waals surface area (Å²) in [6, 6.07) is 17.6. The van der Waals surface area contributed by atoms with Crippen LogP contribution in [0.15, 0.2) is 54.6 Å². The molecule has 0 saturated heterocycles. The third-order valence-electron chi connectivity index (χ3n) is 3.94.